The van der Waals surface area contributed by atoms with Crippen LogP contribution in [0.2, 0.25) is 0 Å². The maximum atomic E-state index is 6.21. The highest BCUT2D eigenvalue weighted by Crippen LogP contribution is 2.31. The Morgan fingerprint density at radius 3 is 2.33 bits per heavy atom. The zero-order valence-corrected chi connectivity index (χ0v) is 13.7. The summed E-state index contributed by atoms with van der Waals surface area (Å²) < 4.78 is 5.21. The monoisotopic (exact) mass is 317 g/mol. The van der Waals surface area contributed by atoms with Gasteiger partial charge in [-0.05, 0) is 41.5 Å². The molecule has 3 aromatic rings. The first kappa shape index (κ1) is 15.7. The van der Waals surface area contributed by atoms with Crippen LogP contribution >= 0.6 is 0 Å². The highest BCUT2D eigenvalue weighted by molar-refractivity contribution is 5.96. The van der Waals surface area contributed by atoms with Gasteiger partial charge in [-0.25, -0.2) is 4.98 Å². The van der Waals surface area contributed by atoms with E-state index in [1.165, 1.54) is 0 Å². The first-order valence-electron chi connectivity index (χ1n) is 7.65. The number of hydrogen-bond donors (Lipinski definition) is 1. The molecule has 0 fully saturated rings. The van der Waals surface area contributed by atoms with Crippen LogP contribution in [0.4, 0.5) is 5.82 Å². The van der Waals surface area contributed by atoms with Crippen LogP contribution in [0.5, 0.6) is 5.75 Å². The highest BCUT2D eigenvalue weighted by Gasteiger charge is 2.12. The van der Waals surface area contributed by atoms with Gasteiger partial charge in [0.25, 0.3) is 0 Å². The molecule has 120 valence electrons. The number of nitrogens with zero attached hydrogens (tertiary/aromatic N) is 2. The molecule has 0 saturated heterocycles. The Morgan fingerprint density at radius 1 is 1.00 bits per heavy atom. The minimum atomic E-state index is 0.466. The molecule has 2 N–H and O–H groups in total. The van der Waals surface area contributed by atoms with Crippen LogP contribution in [0.3, 0.4) is 0 Å². The molecule has 0 aliphatic carbocycles. The number of pyridine rings is 1. The van der Waals surface area contributed by atoms with Gasteiger partial charge in [0.1, 0.15) is 11.6 Å². The van der Waals surface area contributed by atoms with Gasteiger partial charge in [-0.2, -0.15) is 0 Å². The number of ether oxygens (including phenoxy) is 1. The van der Waals surface area contributed by atoms with Gasteiger partial charge in [-0.15, -0.1) is 0 Å². The summed E-state index contributed by atoms with van der Waals surface area (Å²) in [5.41, 5.74) is 10.9. The van der Waals surface area contributed by atoms with Crippen molar-refractivity contribution in [2.45, 2.75) is 0 Å². The molecule has 2 aromatic carbocycles. The molecule has 0 spiro atoms. The molecular weight excluding hydrogens is 298 g/mol. The lowest BCUT2D eigenvalue weighted by molar-refractivity contribution is 0.415. The zero-order valence-electron chi connectivity index (χ0n) is 13.7. The summed E-state index contributed by atoms with van der Waals surface area (Å²) in [6.45, 7) is 0. The number of rotatable bonds is 4. The molecule has 0 saturated carbocycles. The van der Waals surface area contributed by atoms with Gasteiger partial charge < -0.3 is 10.5 Å². The number of aromatic nitrogens is 1. The van der Waals surface area contributed by atoms with Crippen molar-refractivity contribution in [3.63, 3.8) is 0 Å². The van der Waals surface area contributed by atoms with E-state index in [0.717, 1.165) is 33.7 Å². The topological polar surface area (TPSA) is 60.5 Å². The molecule has 0 radical (unpaired) electrons. The Morgan fingerprint density at radius 2 is 1.71 bits per heavy atom. The third kappa shape index (κ3) is 3.13. The smallest absolute Gasteiger partial charge is 0.133 e. The summed E-state index contributed by atoms with van der Waals surface area (Å²) in [5.74, 6) is 1.28. The standard InChI is InChI=1S/C20H19N3O/c1-22-13-18-17(14-6-4-3-5-7-14)12-19(23-20(18)21)15-8-10-16(24-2)11-9-15/h3-13H,1-2H3,(H2,21,23). The number of benzene rings is 2. The van der Waals surface area contributed by atoms with Crippen LogP contribution < -0.4 is 10.5 Å². The van der Waals surface area contributed by atoms with E-state index in [1.54, 1.807) is 20.4 Å². The first-order valence-corrected chi connectivity index (χ1v) is 7.65. The van der Waals surface area contributed by atoms with Gasteiger partial charge in [-0.1, -0.05) is 30.3 Å². The SMILES string of the molecule is CN=Cc1c(-c2ccccc2)cc(-c2ccc(OC)cc2)nc1N. The van der Waals surface area contributed by atoms with Crippen molar-refractivity contribution in [3.05, 3.63) is 66.2 Å². The predicted octanol–water partition coefficient (Wildman–Crippen LogP) is 4.06. The second kappa shape index (κ2) is 6.96. The number of nitrogen functional groups attached to an aromatic ring is 1. The summed E-state index contributed by atoms with van der Waals surface area (Å²) in [5, 5.41) is 0. The number of nitrogens with two attached hydrogens (primary N) is 1. The van der Waals surface area contributed by atoms with Crippen LogP contribution in [0.25, 0.3) is 22.4 Å². The molecule has 0 atom stereocenters. The van der Waals surface area contributed by atoms with Gasteiger partial charge in [0.15, 0.2) is 0 Å². The molecule has 1 aromatic heterocycles. The van der Waals surface area contributed by atoms with Crippen molar-refractivity contribution >= 4 is 12.0 Å². The minimum absolute atomic E-state index is 0.466. The zero-order chi connectivity index (χ0) is 16.9. The van der Waals surface area contributed by atoms with Gasteiger partial charge in [0, 0.05) is 24.4 Å². The maximum absolute atomic E-state index is 6.21. The van der Waals surface area contributed by atoms with Crippen LogP contribution in [0, 0.1) is 0 Å². The van der Waals surface area contributed by atoms with Crippen molar-refractivity contribution in [2.24, 2.45) is 4.99 Å². The fraction of sp³-hybridized carbons (Fsp3) is 0.100. The molecular formula is C20H19N3O. The Hall–Kier alpha value is -3.14. The Bertz CT molecular complexity index is 856. The van der Waals surface area contributed by atoms with Crippen molar-refractivity contribution < 1.29 is 4.74 Å². The van der Waals surface area contributed by atoms with Crippen molar-refractivity contribution in [3.8, 4) is 28.1 Å². The summed E-state index contributed by atoms with van der Waals surface area (Å²) in [6.07, 6.45) is 1.75. The largest absolute Gasteiger partial charge is 0.497 e. The van der Waals surface area contributed by atoms with E-state index >= 15 is 0 Å². The average molecular weight is 317 g/mol. The van der Waals surface area contributed by atoms with E-state index in [9.17, 15) is 0 Å². The van der Waals surface area contributed by atoms with Crippen LogP contribution in [-0.4, -0.2) is 25.4 Å². The fourth-order valence-electron chi connectivity index (χ4n) is 2.61. The molecule has 1 heterocycles. The summed E-state index contributed by atoms with van der Waals surface area (Å²) >= 11 is 0. The first-order chi connectivity index (χ1) is 11.7. The molecule has 0 bridgehead atoms. The molecule has 3 rings (SSSR count). The normalized spacial score (nSPS) is 10.9. The summed E-state index contributed by atoms with van der Waals surface area (Å²) in [4.78, 5) is 8.67. The van der Waals surface area contributed by atoms with Crippen molar-refractivity contribution in [1.29, 1.82) is 0 Å². The molecule has 0 aliphatic heterocycles. The molecule has 0 aliphatic rings. The van der Waals surface area contributed by atoms with E-state index in [0.29, 0.717) is 5.82 Å². The molecule has 4 nitrogen and oxygen atoms in total. The molecule has 0 amide bonds. The lowest BCUT2D eigenvalue weighted by Crippen LogP contribution is -2.02. The summed E-state index contributed by atoms with van der Waals surface area (Å²) in [6, 6.07) is 19.9. The van der Waals surface area contributed by atoms with E-state index in [2.05, 4.69) is 22.1 Å². The van der Waals surface area contributed by atoms with Crippen LogP contribution in [0.1, 0.15) is 5.56 Å². The van der Waals surface area contributed by atoms with Gasteiger partial charge >= 0.3 is 0 Å². The van der Waals surface area contributed by atoms with Crippen LogP contribution in [-0.2, 0) is 0 Å². The second-order valence-corrected chi connectivity index (χ2v) is 5.34. The predicted molar refractivity (Wildman–Crippen MR) is 99.6 cm³/mol. The minimum Gasteiger partial charge on any atom is -0.497 e. The van der Waals surface area contributed by atoms with Crippen molar-refractivity contribution in [2.75, 3.05) is 19.9 Å². The lowest BCUT2D eigenvalue weighted by atomic mass is 9.98. The highest BCUT2D eigenvalue weighted by atomic mass is 16.5. The number of aliphatic imine (C=N–C) groups is 1. The van der Waals surface area contributed by atoms with Gasteiger partial charge in [-0.3, -0.25) is 4.99 Å². The van der Waals surface area contributed by atoms with E-state index in [-0.39, 0.29) is 0 Å². The second-order valence-electron chi connectivity index (χ2n) is 5.34. The third-order valence-electron chi connectivity index (χ3n) is 3.82. The maximum Gasteiger partial charge on any atom is 0.133 e. The summed E-state index contributed by atoms with van der Waals surface area (Å²) in [7, 11) is 3.38. The Labute approximate surface area is 141 Å². The number of methoxy groups -OCH3 is 1. The van der Waals surface area contributed by atoms with Gasteiger partial charge in [0.2, 0.25) is 0 Å². The van der Waals surface area contributed by atoms with Gasteiger partial charge in [0.05, 0.1) is 12.8 Å². The van der Waals surface area contributed by atoms with Crippen LogP contribution in [0.15, 0.2) is 65.7 Å². The molecule has 4 heteroatoms. The number of anilines is 1. The quantitative estimate of drug-likeness (QED) is 0.738. The fourth-order valence-corrected chi connectivity index (χ4v) is 2.61. The molecule has 24 heavy (non-hydrogen) atoms. The third-order valence-corrected chi connectivity index (χ3v) is 3.82. The van der Waals surface area contributed by atoms with E-state index in [1.807, 2.05) is 48.5 Å². The molecule has 0 unspecified atom stereocenters. The van der Waals surface area contributed by atoms with Crippen molar-refractivity contribution in [1.82, 2.24) is 4.98 Å². The Kier molecular flexibility index (Phi) is 4.57. The number of hydrogen-bond acceptors (Lipinski definition) is 4. The average Bonchev–Trinajstić information content (AvgIpc) is 2.64. The van der Waals surface area contributed by atoms with E-state index in [4.69, 9.17) is 10.5 Å². The Balaban J connectivity index is 2.17. The lowest BCUT2D eigenvalue weighted by Gasteiger charge is -2.12. The van der Waals surface area contributed by atoms with E-state index < -0.39 is 0 Å².